The first-order chi connectivity index (χ1) is 12.5. The Labute approximate surface area is 151 Å². The van der Waals surface area contributed by atoms with Crippen LogP contribution in [0.4, 0.5) is 0 Å². The molecule has 4 rings (SSSR count). The molecule has 0 saturated heterocycles. The summed E-state index contributed by atoms with van der Waals surface area (Å²) in [4.78, 5) is 15.5. The number of ether oxygens (including phenoxy) is 1. The summed E-state index contributed by atoms with van der Waals surface area (Å²) in [5.41, 5.74) is 2.99. The summed E-state index contributed by atoms with van der Waals surface area (Å²) in [7, 11) is 0. The number of rotatable bonds is 6. The van der Waals surface area contributed by atoms with E-state index in [1.807, 2.05) is 6.20 Å². The maximum absolute atomic E-state index is 11.0. The lowest BCUT2D eigenvalue weighted by molar-refractivity contribution is -0.0840. The Kier molecular flexibility index (Phi) is 4.20. The molecule has 1 saturated carbocycles. The molecule has 6 nitrogen and oxygen atoms in total. The minimum Gasteiger partial charge on any atom is -0.478 e. The van der Waals surface area contributed by atoms with E-state index in [1.165, 1.54) is 6.42 Å². The second-order valence-corrected chi connectivity index (χ2v) is 7.07. The zero-order valence-electron chi connectivity index (χ0n) is 14.7. The predicted molar refractivity (Wildman–Crippen MR) is 97.7 cm³/mol. The van der Waals surface area contributed by atoms with Crippen molar-refractivity contribution in [1.82, 2.24) is 14.8 Å². The Bertz CT molecular complexity index is 943. The van der Waals surface area contributed by atoms with Gasteiger partial charge in [-0.2, -0.15) is 5.10 Å². The number of carboxylic acid groups (broad SMARTS) is 1. The molecule has 1 aromatic carbocycles. The van der Waals surface area contributed by atoms with Gasteiger partial charge in [0.05, 0.1) is 29.7 Å². The van der Waals surface area contributed by atoms with E-state index >= 15 is 0 Å². The van der Waals surface area contributed by atoms with Gasteiger partial charge in [-0.15, -0.1) is 0 Å². The number of fused-ring (bicyclic) bond motifs is 1. The Balaban J connectivity index is 1.50. The highest BCUT2D eigenvalue weighted by atomic mass is 16.5. The molecular weight excluding hydrogens is 330 g/mol. The van der Waals surface area contributed by atoms with Crippen LogP contribution in [0.25, 0.3) is 16.7 Å². The molecule has 0 spiro atoms. The quantitative estimate of drug-likeness (QED) is 0.734. The zero-order valence-corrected chi connectivity index (χ0v) is 14.7. The van der Waals surface area contributed by atoms with Crippen molar-refractivity contribution < 1.29 is 14.6 Å². The summed E-state index contributed by atoms with van der Waals surface area (Å²) in [6.45, 7) is 2.88. The van der Waals surface area contributed by atoms with Crippen LogP contribution in [0.2, 0.25) is 0 Å². The van der Waals surface area contributed by atoms with Gasteiger partial charge >= 0.3 is 5.97 Å². The fourth-order valence-electron chi connectivity index (χ4n) is 3.27. The molecule has 6 heteroatoms. The average molecular weight is 351 g/mol. The normalized spacial score (nSPS) is 15.7. The summed E-state index contributed by atoms with van der Waals surface area (Å²) in [5, 5.41) is 14.4. The molecule has 3 aromatic rings. The first-order valence-electron chi connectivity index (χ1n) is 8.84. The maximum Gasteiger partial charge on any atom is 0.335 e. The van der Waals surface area contributed by atoms with E-state index < -0.39 is 5.97 Å². The highest BCUT2D eigenvalue weighted by Gasteiger charge is 2.32. The molecule has 26 heavy (non-hydrogen) atoms. The van der Waals surface area contributed by atoms with E-state index in [0.717, 1.165) is 41.5 Å². The van der Waals surface area contributed by atoms with Gasteiger partial charge in [0.25, 0.3) is 0 Å². The summed E-state index contributed by atoms with van der Waals surface area (Å²) >= 11 is 0. The molecular formula is C20H21N3O3. The van der Waals surface area contributed by atoms with E-state index in [0.29, 0.717) is 6.61 Å². The molecule has 134 valence electrons. The van der Waals surface area contributed by atoms with Gasteiger partial charge < -0.3 is 9.84 Å². The summed E-state index contributed by atoms with van der Waals surface area (Å²) < 4.78 is 7.71. The monoisotopic (exact) mass is 351 g/mol. The Morgan fingerprint density at radius 2 is 2.04 bits per heavy atom. The SMILES string of the molecule is CC1(OCCc2cnc3c(cnn3-c3ccc(C(=O)O)cc3)c2)CCC1. The second kappa shape index (κ2) is 6.53. The predicted octanol–water partition coefficient (Wildman–Crippen LogP) is 3.62. The van der Waals surface area contributed by atoms with Gasteiger partial charge in [0.15, 0.2) is 5.65 Å². The zero-order chi connectivity index (χ0) is 18.1. The van der Waals surface area contributed by atoms with Gasteiger partial charge in [-0.1, -0.05) is 0 Å². The van der Waals surface area contributed by atoms with Crippen molar-refractivity contribution in [2.75, 3.05) is 6.61 Å². The number of hydrogen-bond donors (Lipinski definition) is 1. The van der Waals surface area contributed by atoms with Crippen LogP contribution in [0.5, 0.6) is 0 Å². The topological polar surface area (TPSA) is 77.2 Å². The van der Waals surface area contributed by atoms with Gasteiger partial charge in [-0.05, 0) is 68.5 Å². The molecule has 0 bridgehead atoms. The van der Waals surface area contributed by atoms with Gasteiger partial charge in [-0.25, -0.2) is 14.5 Å². The highest BCUT2D eigenvalue weighted by molar-refractivity contribution is 5.87. The number of benzene rings is 1. The van der Waals surface area contributed by atoms with Crippen molar-refractivity contribution in [3.8, 4) is 5.69 Å². The standard InChI is InChI=1S/C20H21N3O3/c1-20(8-2-9-20)26-10-7-14-11-16-13-22-23(18(16)21-12-14)17-5-3-15(4-6-17)19(24)25/h3-6,11-13H,2,7-10H2,1H3,(H,24,25). The highest BCUT2D eigenvalue weighted by Crippen LogP contribution is 2.34. The molecule has 1 aliphatic rings. The van der Waals surface area contributed by atoms with Crippen LogP contribution < -0.4 is 0 Å². The van der Waals surface area contributed by atoms with Crippen molar-refractivity contribution in [3.63, 3.8) is 0 Å². The van der Waals surface area contributed by atoms with Gasteiger partial charge in [-0.3, -0.25) is 0 Å². The third kappa shape index (κ3) is 3.20. The number of carboxylic acids is 1. The van der Waals surface area contributed by atoms with Crippen LogP contribution in [-0.4, -0.2) is 38.0 Å². The van der Waals surface area contributed by atoms with Crippen molar-refractivity contribution in [2.24, 2.45) is 0 Å². The number of aromatic carboxylic acids is 1. The van der Waals surface area contributed by atoms with E-state index in [1.54, 1.807) is 35.1 Å². The lowest BCUT2D eigenvalue weighted by Crippen LogP contribution is -2.37. The minimum absolute atomic E-state index is 0.0739. The molecule has 2 heterocycles. The Hall–Kier alpha value is -2.73. The Morgan fingerprint density at radius 3 is 2.69 bits per heavy atom. The summed E-state index contributed by atoms with van der Waals surface area (Å²) in [5.74, 6) is -0.942. The minimum atomic E-state index is -0.942. The molecule has 0 atom stereocenters. The van der Waals surface area contributed by atoms with Crippen LogP contribution >= 0.6 is 0 Å². The number of carbonyl (C=O) groups is 1. The fraction of sp³-hybridized carbons (Fsp3) is 0.350. The smallest absolute Gasteiger partial charge is 0.335 e. The third-order valence-electron chi connectivity index (χ3n) is 5.08. The lowest BCUT2D eigenvalue weighted by atomic mass is 9.82. The van der Waals surface area contributed by atoms with Crippen molar-refractivity contribution in [3.05, 3.63) is 53.9 Å². The summed E-state index contributed by atoms with van der Waals surface area (Å²) in [6.07, 6.45) is 8.03. The summed E-state index contributed by atoms with van der Waals surface area (Å²) in [6, 6.07) is 8.69. The second-order valence-electron chi connectivity index (χ2n) is 7.07. The molecule has 0 radical (unpaired) electrons. The first kappa shape index (κ1) is 16.7. The first-order valence-corrected chi connectivity index (χ1v) is 8.84. The van der Waals surface area contributed by atoms with Gasteiger partial charge in [0, 0.05) is 11.6 Å². The van der Waals surface area contributed by atoms with Crippen molar-refractivity contribution in [2.45, 2.75) is 38.2 Å². The number of nitrogens with zero attached hydrogens (tertiary/aromatic N) is 3. The van der Waals surface area contributed by atoms with Crippen molar-refractivity contribution in [1.29, 1.82) is 0 Å². The fourth-order valence-corrected chi connectivity index (χ4v) is 3.27. The number of pyridine rings is 1. The van der Waals surface area contributed by atoms with Crippen LogP contribution in [0, 0.1) is 0 Å². The molecule has 1 fully saturated rings. The van der Waals surface area contributed by atoms with Crippen LogP contribution in [0.1, 0.15) is 42.1 Å². The van der Waals surface area contributed by atoms with Gasteiger partial charge in [0.2, 0.25) is 0 Å². The largest absolute Gasteiger partial charge is 0.478 e. The van der Waals surface area contributed by atoms with E-state index in [-0.39, 0.29) is 11.2 Å². The molecule has 0 unspecified atom stereocenters. The Morgan fingerprint density at radius 1 is 1.27 bits per heavy atom. The van der Waals surface area contributed by atoms with E-state index in [4.69, 9.17) is 9.84 Å². The van der Waals surface area contributed by atoms with Crippen molar-refractivity contribution >= 4 is 17.0 Å². The molecule has 2 aromatic heterocycles. The third-order valence-corrected chi connectivity index (χ3v) is 5.08. The molecule has 0 amide bonds. The van der Waals surface area contributed by atoms with E-state index in [2.05, 4.69) is 23.1 Å². The van der Waals surface area contributed by atoms with Crippen LogP contribution in [-0.2, 0) is 11.2 Å². The van der Waals surface area contributed by atoms with Gasteiger partial charge in [0.1, 0.15) is 0 Å². The van der Waals surface area contributed by atoms with Crippen LogP contribution in [0.15, 0.2) is 42.7 Å². The molecule has 0 aliphatic heterocycles. The van der Waals surface area contributed by atoms with E-state index in [9.17, 15) is 4.79 Å². The molecule has 1 N–H and O–H groups in total. The van der Waals surface area contributed by atoms with Crippen LogP contribution in [0.3, 0.4) is 0 Å². The number of aromatic nitrogens is 3. The maximum atomic E-state index is 11.0. The lowest BCUT2D eigenvalue weighted by Gasteiger charge is -2.38. The molecule has 1 aliphatic carbocycles. The average Bonchev–Trinajstić information content (AvgIpc) is 3.03. The number of hydrogen-bond acceptors (Lipinski definition) is 4.